The minimum atomic E-state index is -0.358. The van der Waals surface area contributed by atoms with E-state index in [1.54, 1.807) is 0 Å². The summed E-state index contributed by atoms with van der Waals surface area (Å²) in [5, 5.41) is 0. The first-order valence-corrected chi connectivity index (χ1v) is 6.76. The number of nitrogens with two attached hydrogens (primary N) is 2. The lowest BCUT2D eigenvalue weighted by Crippen LogP contribution is -2.13. The second-order valence-corrected chi connectivity index (χ2v) is 4.65. The van der Waals surface area contributed by atoms with Crippen molar-refractivity contribution in [2.45, 2.75) is 6.10 Å². The Hall–Kier alpha value is -3.15. The summed E-state index contributed by atoms with van der Waals surface area (Å²) in [6.07, 6.45) is -0.358. The van der Waals surface area contributed by atoms with Crippen molar-refractivity contribution in [1.82, 2.24) is 15.0 Å². The number of benzene rings is 2. The van der Waals surface area contributed by atoms with Gasteiger partial charge in [-0.3, -0.25) is 0 Å². The molecule has 0 aliphatic rings. The van der Waals surface area contributed by atoms with Crippen LogP contribution in [0.25, 0.3) is 0 Å². The Morgan fingerprint density at radius 2 is 1.14 bits per heavy atom. The molecule has 6 heteroatoms. The number of anilines is 2. The summed E-state index contributed by atoms with van der Waals surface area (Å²) in [4.78, 5) is 11.7. The Morgan fingerprint density at radius 3 is 1.59 bits per heavy atom. The molecule has 1 heterocycles. The lowest BCUT2D eigenvalue weighted by atomic mass is 10.0. The summed E-state index contributed by atoms with van der Waals surface area (Å²) in [7, 11) is 0. The van der Waals surface area contributed by atoms with E-state index in [0.717, 1.165) is 11.1 Å². The molecule has 22 heavy (non-hydrogen) atoms. The van der Waals surface area contributed by atoms with E-state index in [1.165, 1.54) is 0 Å². The van der Waals surface area contributed by atoms with Gasteiger partial charge in [-0.25, -0.2) is 0 Å². The van der Waals surface area contributed by atoms with Gasteiger partial charge in [-0.2, -0.15) is 15.0 Å². The summed E-state index contributed by atoms with van der Waals surface area (Å²) in [6, 6.07) is 19.7. The number of ether oxygens (including phenoxy) is 1. The first-order valence-electron chi connectivity index (χ1n) is 6.76. The smallest absolute Gasteiger partial charge is 0.324 e. The van der Waals surface area contributed by atoms with Gasteiger partial charge < -0.3 is 16.2 Å². The van der Waals surface area contributed by atoms with E-state index in [4.69, 9.17) is 16.2 Å². The first kappa shape index (κ1) is 13.8. The maximum Gasteiger partial charge on any atom is 0.324 e. The highest BCUT2D eigenvalue weighted by Crippen LogP contribution is 2.26. The second kappa shape index (κ2) is 6.09. The molecule has 4 N–H and O–H groups in total. The van der Waals surface area contributed by atoms with Crippen LogP contribution in [0.15, 0.2) is 60.7 Å². The van der Waals surface area contributed by atoms with Gasteiger partial charge in [0.05, 0.1) is 0 Å². The number of nitrogens with zero attached hydrogens (tertiary/aromatic N) is 3. The molecule has 1 aromatic heterocycles. The largest absolute Gasteiger partial charge is 0.450 e. The van der Waals surface area contributed by atoms with Crippen molar-refractivity contribution in [3.8, 4) is 6.01 Å². The molecular weight excluding hydrogens is 278 g/mol. The van der Waals surface area contributed by atoms with Crippen LogP contribution in [0.4, 0.5) is 11.9 Å². The van der Waals surface area contributed by atoms with Crippen LogP contribution in [0.1, 0.15) is 17.2 Å². The lowest BCUT2D eigenvalue weighted by molar-refractivity contribution is 0.226. The highest BCUT2D eigenvalue weighted by molar-refractivity contribution is 5.32. The van der Waals surface area contributed by atoms with Crippen molar-refractivity contribution in [1.29, 1.82) is 0 Å². The van der Waals surface area contributed by atoms with Crippen molar-refractivity contribution >= 4 is 11.9 Å². The molecule has 0 fully saturated rings. The van der Waals surface area contributed by atoms with E-state index >= 15 is 0 Å². The van der Waals surface area contributed by atoms with Crippen molar-refractivity contribution < 1.29 is 4.74 Å². The number of nitrogen functional groups attached to an aromatic ring is 2. The number of hydrogen-bond acceptors (Lipinski definition) is 6. The first-order chi connectivity index (χ1) is 10.7. The average Bonchev–Trinajstić information content (AvgIpc) is 2.53. The summed E-state index contributed by atoms with van der Waals surface area (Å²) < 4.78 is 5.93. The highest BCUT2D eigenvalue weighted by Gasteiger charge is 2.17. The predicted octanol–water partition coefficient (Wildman–Crippen LogP) is 2.20. The van der Waals surface area contributed by atoms with E-state index in [9.17, 15) is 0 Å². The maximum absolute atomic E-state index is 5.93. The standard InChI is InChI=1S/C16H15N5O/c17-14-19-15(18)21-16(20-14)22-13(11-7-3-1-4-8-11)12-9-5-2-6-10-12/h1-10,13H,(H4,17,18,19,20,21). The van der Waals surface area contributed by atoms with Gasteiger partial charge in [0, 0.05) is 0 Å². The molecule has 0 unspecified atom stereocenters. The molecule has 0 aliphatic carbocycles. The summed E-state index contributed by atoms with van der Waals surface area (Å²) in [5.74, 6) is 0.0600. The zero-order chi connectivity index (χ0) is 15.4. The van der Waals surface area contributed by atoms with Crippen LogP contribution in [0.3, 0.4) is 0 Å². The zero-order valence-electron chi connectivity index (χ0n) is 11.8. The van der Waals surface area contributed by atoms with Crippen molar-refractivity contribution in [3.63, 3.8) is 0 Å². The lowest BCUT2D eigenvalue weighted by Gasteiger charge is -2.18. The minimum Gasteiger partial charge on any atom is -0.450 e. The Labute approximate surface area is 127 Å². The zero-order valence-corrected chi connectivity index (χ0v) is 11.8. The molecule has 0 aliphatic heterocycles. The predicted molar refractivity (Wildman–Crippen MR) is 84.0 cm³/mol. The van der Waals surface area contributed by atoms with E-state index in [1.807, 2.05) is 60.7 Å². The van der Waals surface area contributed by atoms with E-state index in [2.05, 4.69) is 15.0 Å². The molecule has 110 valence electrons. The van der Waals surface area contributed by atoms with Crippen LogP contribution < -0.4 is 16.2 Å². The molecule has 0 amide bonds. The molecule has 0 saturated carbocycles. The molecule has 0 spiro atoms. The summed E-state index contributed by atoms with van der Waals surface area (Å²) in [5.41, 5.74) is 13.1. The van der Waals surface area contributed by atoms with Crippen LogP contribution in [-0.4, -0.2) is 15.0 Å². The Kier molecular flexibility index (Phi) is 3.82. The van der Waals surface area contributed by atoms with Crippen LogP contribution in [0, 0.1) is 0 Å². The number of rotatable bonds is 4. The SMILES string of the molecule is Nc1nc(N)nc(OC(c2ccccc2)c2ccccc2)n1. The fourth-order valence-corrected chi connectivity index (χ4v) is 2.13. The van der Waals surface area contributed by atoms with Gasteiger partial charge in [0.25, 0.3) is 0 Å². The van der Waals surface area contributed by atoms with E-state index in [-0.39, 0.29) is 24.0 Å². The van der Waals surface area contributed by atoms with Crippen molar-refractivity contribution in [2.24, 2.45) is 0 Å². The van der Waals surface area contributed by atoms with Gasteiger partial charge in [-0.15, -0.1) is 0 Å². The molecular formula is C16H15N5O. The van der Waals surface area contributed by atoms with Crippen molar-refractivity contribution in [2.75, 3.05) is 11.5 Å². The van der Waals surface area contributed by atoms with Gasteiger partial charge in [0.15, 0.2) is 6.10 Å². The third-order valence-corrected chi connectivity index (χ3v) is 3.08. The van der Waals surface area contributed by atoms with Gasteiger partial charge in [0.2, 0.25) is 11.9 Å². The fourth-order valence-electron chi connectivity index (χ4n) is 2.13. The van der Waals surface area contributed by atoms with Crippen LogP contribution >= 0.6 is 0 Å². The average molecular weight is 293 g/mol. The quantitative estimate of drug-likeness (QED) is 0.765. The Morgan fingerprint density at radius 1 is 0.682 bits per heavy atom. The Balaban J connectivity index is 1.99. The third kappa shape index (κ3) is 3.12. The molecule has 3 rings (SSSR count). The number of hydrogen-bond donors (Lipinski definition) is 2. The number of aromatic nitrogens is 3. The van der Waals surface area contributed by atoms with Crippen LogP contribution in [0.5, 0.6) is 6.01 Å². The van der Waals surface area contributed by atoms with Gasteiger partial charge in [-0.1, -0.05) is 60.7 Å². The summed E-state index contributed by atoms with van der Waals surface area (Å²) >= 11 is 0. The molecule has 0 bridgehead atoms. The molecule has 0 radical (unpaired) electrons. The van der Waals surface area contributed by atoms with Crippen LogP contribution in [0.2, 0.25) is 0 Å². The molecule has 2 aromatic carbocycles. The van der Waals surface area contributed by atoms with Crippen LogP contribution in [-0.2, 0) is 0 Å². The third-order valence-electron chi connectivity index (χ3n) is 3.08. The molecule has 3 aromatic rings. The fraction of sp³-hybridized carbons (Fsp3) is 0.0625. The van der Waals surface area contributed by atoms with Gasteiger partial charge in [-0.05, 0) is 11.1 Å². The van der Waals surface area contributed by atoms with Gasteiger partial charge >= 0.3 is 6.01 Å². The van der Waals surface area contributed by atoms with Gasteiger partial charge in [0.1, 0.15) is 0 Å². The summed E-state index contributed by atoms with van der Waals surface area (Å²) in [6.45, 7) is 0. The Bertz CT molecular complexity index is 689. The molecule has 0 saturated heterocycles. The minimum absolute atomic E-state index is 0.0300. The maximum atomic E-state index is 5.93. The topological polar surface area (TPSA) is 99.9 Å². The van der Waals surface area contributed by atoms with E-state index in [0.29, 0.717) is 0 Å². The van der Waals surface area contributed by atoms with Crippen molar-refractivity contribution in [3.05, 3.63) is 71.8 Å². The van der Waals surface area contributed by atoms with E-state index < -0.39 is 0 Å². The highest BCUT2D eigenvalue weighted by atomic mass is 16.5. The monoisotopic (exact) mass is 293 g/mol. The molecule has 6 nitrogen and oxygen atoms in total. The second-order valence-electron chi connectivity index (χ2n) is 4.65. The molecule has 0 atom stereocenters. The normalized spacial score (nSPS) is 10.6.